The molecule has 14 heteroatoms. The number of hydrogen-bond donors (Lipinski definition) is 3. The fraction of sp³-hybridized carbons (Fsp3) is 0.667. The van der Waals surface area contributed by atoms with Crippen molar-refractivity contribution in [1.29, 1.82) is 0 Å². The Balaban J connectivity index is 2.00. The van der Waals surface area contributed by atoms with Gasteiger partial charge in [0.15, 0.2) is 10.0 Å². The minimum absolute atomic E-state index is 0.318. The molecule has 11 nitrogen and oxygen atoms in total. The molecule has 0 spiro atoms. The predicted molar refractivity (Wildman–Crippen MR) is 108 cm³/mol. The SMILES string of the molecule is CC(C)OC(=O)[C@H](C)N[PH](=O)OC[C@H]1O[C@@H](n2ccc(=O)[nH]c2=O)[C@](Cl)(Br)[C@@H]1O. The Labute approximate surface area is 179 Å². The number of nitrogens with one attached hydrogen (secondary N) is 2. The molecule has 164 valence electrons. The molecule has 2 rings (SSSR count). The lowest BCUT2D eigenvalue weighted by molar-refractivity contribution is -0.149. The zero-order chi connectivity index (χ0) is 21.9. The second kappa shape index (κ2) is 9.86. The fourth-order valence-corrected chi connectivity index (χ4v) is 4.28. The Morgan fingerprint density at radius 2 is 2.17 bits per heavy atom. The van der Waals surface area contributed by atoms with Gasteiger partial charge in [-0.2, -0.15) is 0 Å². The molecule has 1 saturated heterocycles. The van der Waals surface area contributed by atoms with Crippen molar-refractivity contribution in [2.45, 2.75) is 55.1 Å². The number of halogens is 2. The van der Waals surface area contributed by atoms with Crippen molar-refractivity contribution in [1.82, 2.24) is 14.6 Å². The van der Waals surface area contributed by atoms with Crippen LogP contribution in [0.4, 0.5) is 0 Å². The number of ether oxygens (including phenoxy) is 2. The standard InChI is InChI=1S/C15H22BrClN3O8P/c1-7(2)27-12(23)8(3)19-29(25)26-6-9-11(22)15(16,17)13(28-9)20-5-4-10(21)18-14(20)24/h4-5,7-9,11,13,22,29H,6H2,1-3H3,(H,19,25)(H,18,21,24)/t8-,9+,11+,13+,15-/m0/s1. The van der Waals surface area contributed by atoms with E-state index in [9.17, 15) is 24.1 Å². The van der Waals surface area contributed by atoms with Gasteiger partial charge in [0.2, 0.25) is 0 Å². The van der Waals surface area contributed by atoms with Gasteiger partial charge < -0.3 is 19.1 Å². The highest BCUT2D eigenvalue weighted by Crippen LogP contribution is 2.47. The molecule has 1 aromatic heterocycles. The maximum Gasteiger partial charge on any atom is 0.330 e. The topological polar surface area (TPSA) is 149 Å². The normalized spacial score (nSPS) is 29.0. The van der Waals surface area contributed by atoms with E-state index in [1.54, 1.807) is 13.8 Å². The van der Waals surface area contributed by atoms with E-state index in [2.05, 4.69) is 26.0 Å². The molecule has 2 heterocycles. The minimum atomic E-state index is -2.88. The fourth-order valence-electron chi connectivity index (χ4n) is 2.49. The van der Waals surface area contributed by atoms with E-state index in [1.807, 2.05) is 0 Å². The van der Waals surface area contributed by atoms with Crippen LogP contribution in [-0.2, 0) is 23.4 Å². The van der Waals surface area contributed by atoms with Crippen molar-refractivity contribution in [3.8, 4) is 0 Å². The van der Waals surface area contributed by atoms with E-state index in [0.29, 0.717) is 0 Å². The predicted octanol–water partition coefficient (Wildman–Crippen LogP) is 0.461. The van der Waals surface area contributed by atoms with E-state index >= 15 is 0 Å². The van der Waals surface area contributed by atoms with E-state index < -0.39 is 53.7 Å². The summed E-state index contributed by atoms with van der Waals surface area (Å²) in [5.74, 6) is -0.586. The van der Waals surface area contributed by atoms with Gasteiger partial charge in [0.05, 0.1) is 12.7 Å². The van der Waals surface area contributed by atoms with Gasteiger partial charge in [0.25, 0.3) is 13.7 Å². The molecule has 0 radical (unpaired) electrons. The summed E-state index contributed by atoms with van der Waals surface area (Å²) < 4.78 is 27.2. The van der Waals surface area contributed by atoms with Gasteiger partial charge in [0, 0.05) is 12.3 Å². The van der Waals surface area contributed by atoms with Gasteiger partial charge in [0.1, 0.15) is 18.2 Å². The van der Waals surface area contributed by atoms with Crippen LogP contribution in [-0.4, -0.2) is 55.4 Å². The number of aromatic amines is 1. The molecule has 1 aliphatic heterocycles. The molecule has 0 aliphatic carbocycles. The first-order valence-corrected chi connectivity index (χ1v) is 11.1. The maximum absolute atomic E-state index is 12.1. The molecule has 1 aromatic rings. The molecule has 0 amide bonds. The van der Waals surface area contributed by atoms with E-state index in [-0.39, 0.29) is 12.7 Å². The van der Waals surface area contributed by atoms with Gasteiger partial charge in [-0.1, -0.05) is 27.5 Å². The van der Waals surface area contributed by atoms with Crippen molar-refractivity contribution in [2.24, 2.45) is 0 Å². The van der Waals surface area contributed by atoms with Crippen molar-refractivity contribution in [2.75, 3.05) is 6.61 Å². The second-order valence-corrected chi connectivity index (χ2v) is 10.2. The smallest absolute Gasteiger partial charge is 0.330 e. The molecular formula is C15H22BrClN3O8P. The average molecular weight is 519 g/mol. The molecule has 1 fully saturated rings. The number of rotatable bonds is 8. The lowest BCUT2D eigenvalue weighted by Gasteiger charge is -2.24. The molecule has 1 unspecified atom stereocenters. The first-order valence-electron chi connectivity index (χ1n) is 8.60. The maximum atomic E-state index is 12.1. The number of aliphatic hydroxyl groups is 1. The highest BCUT2D eigenvalue weighted by Gasteiger charge is 2.55. The summed E-state index contributed by atoms with van der Waals surface area (Å²) in [6.45, 7) is 4.50. The summed E-state index contributed by atoms with van der Waals surface area (Å²) >= 11 is 9.43. The summed E-state index contributed by atoms with van der Waals surface area (Å²) in [7, 11) is -2.88. The van der Waals surface area contributed by atoms with Gasteiger partial charge in [-0.25, -0.2) is 9.88 Å². The Morgan fingerprint density at radius 1 is 1.52 bits per heavy atom. The van der Waals surface area contributed by atoms with Crippen molar-refractivity contribution >= 4 is 41.7 Å². The Bertz CT molecular complexity index is 876. The molecule has 0 bridgehead atoms. The van der Waals surface area contributed by atoms with Crippen LogP contribution in [0.1, 0.15) is 27.0 Å². The first kappa shape index (κ1) is 24.3. The van der Waals surface area contributed by atoms with Gasteiger partial charge in [-0.05, 0) is 20.8 Å². The number of alkyl halides is 2. The quantitative estimate of drug-likeness (QED) is 0.253. The number of carbonyl (C=O) groups excluding carboxylic acids is 1. The van der Waals surface area contributed by atoms with Crippen LogP contribution >= 0.6 is 35.7 Å². The molecule has 3 N–H and O–H groups in total. The van der Waals surface area contributed by atoms with Crippen molar-refractivity contribution in [3.63, 3.8) is 0 Å². The minimum Gasteiger partial charge on any atom is -0.462 e. The summed E-state index contributed by atoms with van der Waals surface area (Å²) in [6.07, 6.45) is -2.74. The number of aliphatic hydroxyl groups excluding tert-OH is 1. The van der Waals surface area contributed by atoms with Crippen LogP contribution in [0.15, 0.2) is 21.9 Å². The van der Waals surface area contributed by atoms with E-state index in [4.69, 9.17) is 25.6 Å². The average Bonchev–Trinajstić information content (AvgIpc) is 2.82. The molecule has 0 aromatic carbocycles. The van der Waals surface area contributed by atoms with E-state index in [0.717, 1.165) is 10.6 Å². The second-order valence-electron chi connectivity index (χ2n) is 6.61. The van der Waals surface area contributed by atoms with E-state index in [1.165, 1.54) is 13.1 Å². The number of esters is 1. The van der Waals surface area contributed by atoms with Crippen LogP contribution < -0.4 is 16.3 Å². The summed E-state index contributed by atoms with van der Waals surface area (Å²) in [5, 5.41) is 12.9. The molecule has 29 heavy (non-hydrogen) atoms. The highest BCUT2D eigenvalue weighted by atomic mass is 79.9. The number of carbonyl (C=O) groups is 1. The van der Waals surface area contributed by atoms with Gasteiger partial charge in [-0.3, -0.25) is 23.7 Å². The van der Waals surface area contributed by atoms with Crippen molar-refractivity contribution < 1.29 is 28.5 Å². The third-order valence-corrected chi connectivity index (χ3v) is 6.27. The highest BCUT2D eigenvalue weighted by molar-refractivity contribution is 9.10. The number of H-pyrrole nitrogens is 1. The Morgan fingerprint density at radius 3 is 2.76 bits per heavy atom. The zero-order valence-corrected chi connectivity index (χ0v) is 19.1. The van der Waals surface area contributed by atoms with Crippen LogP contribution in [0, 0.1) is 0 Å². The summed E-state index contributed by atoms with van der Waals surface area (Å²) in [5.41, 5.74) is -1.39. The number of hydrogen-bond acceptors (Lipinski definition) is 8. The molecule has 6 atom stereocenters. The monoisotopic (exact) mass is 517 g/mol. The zero-order valence-electron chi connectivity index (χ0n) is 15.8. The molecule has 1 aliphatic rings. The van der Waals surface area contributed by atoms with Gasteiger partial charge in [-0.15, -0.1) is 0 Å². The summed E-state index contributed by atoms with van der Waals surface area (Å²) in [6, 6.07) is 0.232. The lowest BCUT2D eigenvalue weighted by Crippen LogP contribution is -2.40. The summed E-state index contributed by atoms with van der Waals surface area (Å²) in [4.78, 5) is 37.0. The number of aromatic nitrogens is 2. The molecular weight excluding hydrogens is 497 g/mol. The largest absolute Gasteiger partial charge is 0.462 e. The Kier molecular flexibility index (Phi) is 8.25. The van der Waals surface area contributed by atoms with Crippen LogP contribution in [0.3, 0.4) is 0 Å². The van der Waals surface area contributed by atoms with Crippen LogP contribution in [0.25, 0.3) is 0 Å². The third kappa shape index (κ3) is 6.00. The lowest BCUT2D eigenvalue weighted by atomic mass is 10.2. The third-order valence-electron chi connectivity index (χ3n) is 3.90. The molecule has 0 saturated carbocycles. The number of nitrogens with zero attached hydrogens (tertiary/aromatic N) is 1. The van der Waals surface area contributed by atoms with Gasteiger partial charge >= 0.3 is 11.7 Å². The first-order chi connectivity index (χ1) is 13.4. The van der Waals surface area contributed by atoms with Crippen molar-refractivity contribution in [3.05, 3.63) is 33.1 Å². The van der Waals surface area contributed by atoms with Crippen LogP contribution in [0.5, 0.6) is 0 Å². The Hall–Kier alpha value is -1.01. The van der Waals surface area contributed by atoms with Crippen LogP contribution in [0.2, 0.25) is 0 Å².